The van der Waals surface area contributed by atoms with Gasteiger partial charge in [-0.05, 0) is 41.6 Å². The molecule has 4 heteroatoms. The fourth-order valence-electron chi connectivity index (χ4n) is 1.01. The molecular weight excluding hydrogens is 265 g/mol. The molecule has 0 unspecified atom stereocenters. The van der Waals surface area contributed by atoms with Crippen LogP contribution in [0.2, 0.25) is 0 Å². The molecule has 0 spiro atoms. The summed E-state index contributed by atoms with van der Waals surface area (Å²) in [6.07, 6.45) is 1.54. The number of aryl methyl sites for hydroxylation is 1. The number of halogens is 1. The van der Waals surface area contributed by atoms with E-state index in [2.05, 4.69) is 37.5 Å². The van der Waals surface area contributed by atoms with Gasteiger partial charge in [0.15, 0.2) is 5.65 Å². The summed E-state index contributed by atoms with van der Waals surface area (Å²) in [5.41, 5.74) is 1.76. The third-order valence-corrected chi connectivity index (χ3v) is 2.45. The molecule has 0 bridgehead atoms. The molecule has 0 aliphatic carbocycles. The summed E-state index contributed by atoms with van der Waals surface area (Å²) < 4.78 is 0.949. The second kappa shape index (κ2) is 2.93. The van der Waals surface area contributed by atoms with E-state index in [0.717, 1.165) is 20.4 Å². The van der Waals surface area contributed by atoms with Crippen LogP contribution in [-0.2, 0) is 0 Å². The molecule has 2 heterocycles. The van der Waals surface area contributed by atoms with Gasteiger partial charge in [0.25, 0.3) is 0 Å². The van der Waals surface area contributed by atoms with Crippen molar-refractivity contribution in [3.8, 4) is 0 Å². The van der Waals surface area contributed by atoms with Crippen LogP contribution in [0.25, 0.3) is 11.0 Å². The van der Waals surface area contributed by atoms with Gasteiger partial charge in [0.1, 0.15) is 10.0 Å². The molecule has 0 aliphatic rings. The van der Waals surface area contributed by atoms with Crippen LogP contribution in [0, 0.1) is 10.6 Å². The summed E-state index contributed by atoms with van der Waals surface area (Å²) in [5, 5.41) is 1.02. The lowest BCUT2D eigenvalue weighted by Gasteiger charge is -1.97. The lowest BCUT2D eigenvalue weighted by molar-refractivity contribution is 1.13. The molecule has 3 nitrogen and oxygen atoms in total. The molecule has 0 atom stereocenters. The SMILES string of the molecule is Cc1ccc2c(I)ncnc2n1. The van der Waals surface area contributed by atoms with Crippen LogP contribution in [0.5, 0.6) is 0 Å². The summed E-state index contributed by atoms with van der Waals surface area (Å²) in [7, 11) is 0. The van der Waals surface area contributed by atoms with Crippen LogP contribution in [-0.4, -0.2) is 15.0 Å². The van der Waals surface area contributed by atoms with Gasteiger partial charge in [-0.15, -0.1) is 0 Å². The summed E-state index contributed by atoms with van der Waals surface area (Å²) in [5.74, 6) is 0. The first kappa shape index (κ1) is 7.85. The van der Waals surface area contributed by atoms with Crippen molar-refractivity contribution >= 4 is 33.6 Å². The Hall–Kier alpha value is -0.780. The second-order valence-electron chi connectivity index (χ2n) is 2.49. The van der Waals surface area contributed by atoms with E-state index in [4.69, 9.17) is 0 Å². The monoisotopic (exact) mass is 271 g/mol. The maximum atomic E-state index is 4.28. The number of nitrogens with zero attached hydrogens (tertiary/aromatic N) is 3. The van der Waals surface area contributed by atoms with E-state index in [1.54, 1.807) is 0 Å². The van der Waals surface area contributed by atoms with Crippen LogP contribution >= 0.6 is 22.6 Å². The third kappa shape index (κ3) is 1.26. The van der Waals surface area contributed by atoms with Gasteiger partial charge >= 0.3 is 0 Å². The van der Waals surface area contributed by atoms with Crippen molar-refractivity contribution in [2.24, 2.45) is 0 Å². The number of hydrogen-bond donors (Lipinski definition) is 0. The number of fused-ring (bicyclic) bond motifs is 1. The number of aromatic nitrogens is 3. The molecule has 0 radical (unpaired) electrons. The van der Waals surface area contributed by atoms with Gasteiger partial charge in [0.05, 0.1) is 5.39 Å². The molecule has 0 aromatic carbocycles. The van der Waals surface area contributed by atoms with Crippen molar-refractivity contribution < 1.29 is 0 Å². The molecule has 0 aliphatic heterocycles. The van der Waals surface area contributed by atoms with E-state index in [1.165, 1.54) is 6.33 Å². The fraction of sp³-hybridized carbons (Fsp3) is 0.125. The molecule has 0 fully saturated rings. The summed E-state index contributed by atoms with van der Waals surface area (Å²) in [6, 6.07) is 3.97. The zero-order chi connectivity index (χ0) is 8.55. The predicted molar refractivity (Wildman–Crippen MR) is 54.8 cm³/mol. The number of hydrogen-bond acceptors (Lipinski definition) is 3. The summed E-state index contributed by atoms with van der Waals surface area (Å²) in [6.45, 7) is 1.95. The third-order valence-electron chi connectivity index (χ3n) is 1.59. The fourth-order valence-corrected chi connectivity index (χ4v) is 1.55. The highest BCUT2D eigenvalue weighted by Gasteiger charge is 2.00. The minimum absolute atomic E-state index is 0.773. The van der Waals surface area contributed by atoms with Crippen molar-refractivity contribution in [3.05, 3.63) is 27.9 Å². The Balaban J connectivity index is 2.86. The first-order valence-corrected chi connectivity index (χ1v) is 4.59. The normalized spacial score (nSPS) is 10.5. The molecule has 0 N–H and O–H groups in total. The second-order valence-corrected chi connectivity index (χ2v) is 3.51. The van der Waals surface area contributed by atoms with Crippen molar-refractivity contribution in [2.75, 3.05) is 0 Å². The lowest BCUT2D eigenvalue weighted by atomic mass is 10.3. The Bertz CT molecular complexity index is 428. The van der Waals surface area contributed by atoms with E-state index in [9.17, 15) is 0 Å². The van der Waals surface area contributed by atoms with Crippen LogP contribution in [0.3, 0.4) is 0 Å². The van der Waals surface area contributed by atoms with E-state index in [-0.39, 0.29) is 0 Å². The highest BCUT2D eigenvalue weighted by Crippen LogP contribution is 2.14. The van der Waals surface area contributed by atoms with E-state index in [0.29, 0.717) is 0 Å². The average molecular weight is 271 g/mol. The standard InChI is InChI=1S/C8H6IN3/c1-5-2-3-6-7(9)10-4-11-8(6)12-5/h2-4H,1H3. The number of pyridine rings is 1. The first-order valence-electron chi connectivity index (χ1n) is 3.51. The molecule has 12 heavy (non-hydrogen) atoms. The highest BCUT2D eigenvalue weighted by atomic mass is 127. The maximum absolute atomic E-state index is 4.28. The molecule has 60 valence electrons. The number of rotatable bonds is 0. The van der Waals surface area contributed by atoms with Crippen molar-refractivity contribution in [1.29, 1.82) is 0 Å². The van der Waals surface area contributed by atoms with Gasteiger partial charge in [-0.1, -0.05) is 0 Å². The van der Waals surface area contributed by atoms with Gasteiger partial charge in [-0.2, -0.15) is 0 Å². The zero-order valence-corrected chi connectivity index (χ0v) is 8.61. The van der Waals surface area contributed by atoms with Gasteiger partial charge in [-0.25, -0.2) is 15.0 Å². The van der Waals surface area contributed by atoms with Crippen molar-refractivity contribution in [3.63, 3.8) is 0 Å². The highest BCUT2D eigenvalue weighted by molar-refractivity contribution is 14.1. The van der Waals surface area contributed by atoms with Crippen molar-refractivity contribution in [2.45, 2.75) is 6.92 Å². The molecule has 0 amide bonds. The largest absolute Gasteiger partial charge is 0.233 e. The zero-order valence-electron chi connectivity index (χ0n) is 6.45. The van der Waals surface area contributed by atoms with Crippen LogP contribution in [0.15, 0.2) is 18.5 Å². The Labute approximate surface area is 83.4 Å². The minimum Gasteiger partial charge on any atom is -0.233 e. The van der Waals surface area contributed by atoms with Gasteiger partial charge in [-0.3, -0.25) is 0 Å². The van der Waals surface area contributed by atoms with Crippen molar-refractivity contribution in [1.82, 2.24) is 15.0 Å². The van der Waals surface area contributed by atoms with E-state index < -0.39 is 0 Å². The molecule has 0 saturated heterocycles. The summed E-state index contributed by atoms with van der Waals surface area (Å²) in [4.78, 5) is 12.4. The lowest BCUT2D eigenvalue weighted by Crippen LogP contribution is -1.90. The quantitative estimate of drug-likeness (QED) is 0.543. The topological polar surface area (TPSA) is 38.7 Å². The maximum Gasteiger partial charge on any atom is 0.163 e. The predicted octanol–water partition coefficient (Wildman–Crippen LogP) is 1.94. The summed E-state index contributed by atoms with van der Waals surface area (Å²) >= 11 is 2.18. The Morgan fingerprint density at radius 3 is 2.92 bits per heavy atom. The molecule has 2 rings (SSSR count). The van der Waals surface area contributed by atoms with Crippen LogP contribution in [0.4, 0.5) is 0 Å². The molecule has 0 saturated carbocycles. The van der Waals surface area contributed by atoms with Gasteiger partial charge in [0.2, 0.25) is 0 Å². The Kier molecular flexibility index (Phi) is 1.92. The first-order chi connectivity index (χ1) is 5.77. The molecule has 2 aromatic heterocycles. The minimum atomic E-state index is 0.773. The smallest absolute Gasteiger partial charge is 0.163 e. The Morgan fingerprint density at radius 1 is 1.25 bits per heavy atom. The van der Waals surface area contributed by atoms with Crippen LogP contribution in [0.1, 0.15) is 5.69 Å². The van der Waals surface area contributed by atoms with Gasteiger partial charge < -0.3 is 0 Å². The Morgan fingerprint density at radius 2 is 2.08 bits per heavy atom. The molecular formula is C8H6IN3. The van der Waals surface area contributed by atoms with E-state index in [1.807, 2.05) is 19.1 Å². The van der Waals surface area contributed by atoms with E-state index >= 15 is 0 Å². The molecule has 2 aromatic rings. The van der Waals surface area contributed by atoms with Crippen LogP contribution < -0.4 is 0 Å². The average Bonchev–Trinajstić information content (AvgIpc) is 2.04. The van der Waals surface area contributed by atoms with Gasteiger partial charge in [0, 0.05) is 5.69 Å².